The number of hydrogen-bond acceptors (Lipinski definition) is 4. The number of rotatable bonds is 3. The summed E-state index contributed by atoms with van der Waals surface area (Å²) in [5.74, 6) is -0.340. The van der Waals surface area contributed by atoms with Gasteiger partial charge in [0.25, 0.3) is 0 Å². The van der Waals surface area contributed by atoms with Gasteiger partial charge in [-0.3, -0.25) is 14.5 Å². The fourth-order valence-electron chi connectivity index (χ4n) is 2.76. The maximum absolute atomic E-state index is 12.6. The van der Waals surface area contributed by atoms with E-state index in [2.05, 4.69) is 0 Å². The van der Waals surface area contributed by atoms with Crippen LogP contribution in [0, 0.1) is 0 Å². The standard InChI is InChI=1S/C15H17NO4/c1-15(11-5-3-2-4-6-11)9-12(17)16(14(15)18)10-13-19-7-8-20-13/h2-6,13H,7-10H2,1H3. The van der Waals surface area contributed by atoms with Gasteiger partial charge in [-0.15, -0.1) is 0 Å². The number of amides is 2. The highest BCUT2D eigenvalue weighted by Crippen LogP contribution is 2.36. The van der Waals surface area contributed by atoms with E-state index in [0.717, 1.165) is 5.56 Å². The molecular weight excluding hydrogens is 258 g/mol. The molecule has 2 amide bonds. The van der Waals surface area contributed by atoms with Crippen molar-refractivity contribution in [2.45, 2.75) is 25.0 Å². The van der Waals surface area contributed by atoms with Crippen LogP contribution in [0.4, 0.5) is 0 Å². The van der Waals surface area contributed by atoms with Gasteiger partial charge in [-0.25, -0.2) is 0 Å². The van der Waals surface area contributed by atoms with Gasteiger partial charge in [0.05, 0.1) is 25.2 Å². The number of carbonyl (C=O) groups excluding carboxylic acids is 2. The molecule has 106 valence electrons. The van der Waals surface area contributed by atoms with E-state index < -0.39 is 11.7 Å². The molecule has 1 aromatic rings. The van der Waals surface area contributed by atoms with Crippen molar-refractivity contribution in [3.05, 3.63) is 35.9 Å². The summed E-state index contributed by atoms with van der Waals surface area (Å²) in [6.45, 7) is 3.02. The van der Waals surface area contributed by atoms with Gasteiger partial charge < -0.3 is 9.47 Å². The second-order valence-corrected chi connectivity index (χ2v) is 5.36. The molecule has 1 aromatic carbocycles. The van der Waals surface area contributed by atoms with Gasteiger partial charge in [-0.1, -0.05) is 30.3 Å². The third-order valence-electron chi connectivity index (χ3n) is 3.96. The number of hydrogen-bond donors (Lipinski definition) is 0. The summed E-state index contributed by atoms with van der Waals surface area (Å²) in [5.41, 5.74) is 0.0887. The lowest BCUT2D eigenvalue weighted by atomic mass is 9.81. The Morgan fingerprint density at radius 2 is 1.85 bits per heavy atom. The molecule has 0 N–H and O–H groups in total. The maximum Gasteiger partial charge on any atom is 0.240 e. The van der Waals surface area contributed by atoms with E-state index in [4.69, 9.17) is 9.47 Å². The first kappa shape index (κ1) is 13.3. The number of imide groups is 1. The van der Waals surface area contributed by atoms with Crippen molar-refractivity contribution in [2.75, 3.05) is 19.8 Å². The Bertz CT molecular complexity index is 524. The molecule has 1 atom stereocenters. The molecule has 2 aliphatic rings. The van der Waals surface area contributed by atoms with Crippen molar-refractivity contribution in [1.82, 2.24) is 4.90 Å². The minimum Gasteiger partial charge on any atom is -0.348 e. The van der Waals surface area contributed by atoms with Crippen LogP contribution in [0.1, 0.15) is 18.9 Å². The third kappa shape index (κ3) is 2.13. The summed E-state index contributed by atoms with van der Waals surface area (Å²) < 4.78 is 10.6. The first-order valence-corrected chi connectivity index (χ1v) is 6.75. The predicted octanol–water partition coefficient (Wildman–Crippen LogP) is 1.08. The predicted molar refractivity (Wildman–Crippen MR) is 70.8 cm³/mol. The number of likely N-dealkylation sites (tertiary alicyclic amines) is 1. The fraction of sp³-hybridized carbons (Fsp3) is 0.467. The maximum atomic E-state index is 12.6. The van der Waals surface area contributed by atoms with Crippen LogP contribution in [0.3, 0.4) is 0 Å². The fourth-order valence-corrected chi connectivity index (χ4v) is 2.76. The van der Waals surface area contributed by atoms with Gasteiger partial charge in [0.2, 0.25) is 11.8 Å². The third-order valence-corrected chi connectivity index (χ3v) is 3.96. The Balaban J connectivity index is 1.82. The van der Waals surface area contributed by atoms with Crippen molar-refractivity contribution >= 4 is 11.8 Å². The average molecular weight is 275 g/mol. The Kier molecular flexibility index (Phi) is 3.31. The monoisotopic (exact) mass is 275 g/mol. The van der Waals surface area contributed by atoms with Crippen LogP contribution in [0.5, 0.6) is 0 Å². The topological polar surface area (TPSA) is 55.8 Å². The number of carbonyl (C=O) groups is 2. The van der Waals surface area contributed by atoms with E-state index in [1.165, 1.54) is 4.90 Å². The highest BCUT2D eigenvalue weighted by molar-refractivity contribution is 6.08. The molecule has 2 saturated heterocycles. The number of nitrogens with zero attached hydrogens (tertiary/aromatic N) is 1. The second-order valence-electron chi connectivity index (χ2n) is 5.36. The summed E-state index contributed by atoms with van der Waals surface area (Å²) >= 11 is 0. The molecule has 2 fully saturated rings. The SMILES string of the molecule is CC1(c2ccccc2)CC(=O)N(CC2OCCO2)C1=O. The number of ether oxygens (including phenoxy) is 2. The molecule has 20 heavy (non-hydrogen) atoms. The van der Waals surface area contributed by atoms with E-state index in [1.54, 1.807) is 0 Å². The smallest absolute Gasteiger partial charge is 0.240 e. The second kappa shape index (κ2) is 5.00. The Morgan fingerprint density at radius 3 is 2.50 bits per heavy atom. The summed E-state index contributed by atoms with van der Waals surface area (Å²) in [6.07, 6.45) is -0.288. The van der Waals surface area contributed by atoms with Gasteiger partial charge >= 0.3 is 0 Å². The zero-order valence-electron chi connectivity index (χ0n) is 11.4. The first-order valence-electron chi connectivity index (χ1n) is 6.75. The van der Waals surface area contributed by atoms with Crippen LogP contribution in [-0.2, 0) is 24.5 Å². The zero-order valence-corrected chi connectivity index (χ0v) is 11.4. The van der Waals surface area contributed by atoms with Gasteiger partial charge in [0, 0.05) is 6.42 Å². The molecule has 0 saturated carbocycles. The highest BCUT2D eigenvalue weighted by atomic mass is 16.7. The van der Waals surface area contributed by atoms with E-state index in [9.17, 15) is 9.59 Å². The lowest BCUT2D eigenvalue weighted by molar-refractivity contribution is -0.146. The van der Waals surface area contributed by atoms with Crippen LogP contribution >= 0.6 is 0 Å². The summed E-state index contributed by atoms with van der Waals surface area (Å²) in [7, 11) is 0. The largest absolute Gasteiger partial charge is 0.348 e. The molecule has 0 bridgehead atoms. The Hall–Kier alpha value is -1.72. The molecule has 1 unspecified atom stereocenters. The summed E-state index contributed by atoms with van der Waals surface area (Å²) in [4.78, 5) is 26.0. The van der Waals surface area contributed by atoms with E-state index in [1.807, 2.05) is 37.3 Å². The molecular formula is C15H17NO4. The first-order chi connectivity index (χ1) is 9.61. The Morgan fingerprint density at radius 1 is 1.20 bits per heavy atom. The van der Waals surface area contributed by atoms with Crippen LogP contribution in [0.15, 0.2) is 30.3 Å². The van der Waals surface area contributed by atoms with Gasteiger partial charge in [0.1, 0.15) is 0 Å². The van der Waals surface area contributed by atoms with Crippen LogP contribution < -0.4 is 0 Å². The quantitative estimate of drug-likeness (QED) is 0.774. The molecule has 3 rings (SSSR count). The van der Waals surface area contributed by atoms with Crippen molar-refractivity contribution in [1.29, 1.82) is 0 Å². The molecule has 0 radical (unpaired) electrons. The number of benzene rings is 1. The van der Waals surface area contributed by atoms with Gasteiger partial charge in [-0.05, 0) is 12.5 Å². The normalized spacial score (nSPS) is 27.6. The van der Waals surface area contributed by atoms with Gasteiger partial charge in [-0.2, -0.15) is 0 Å². The molecule has 2 heterocycles. The van der Waals surface area contributed by atoms with Crippen LogP contribution in [0.25, 0.3) is 0 Å². The molecule has 5 heteroatoms. The van der Waals surface area contributed by atoms with Crippen molar-refractivity contribution in [2.24, 2.45) is 0 Å². The van der Waals surface area contributed by atoms with Crippen LogP contribution in [0.2, 0.25) is 0 Å². The molecule has 2 aliphatic heterocycles. The lowest BCUT2D eigenvalue weighted by Gasteiger charge is -2.23. The van der Waals surface area contributed by atoms with Crippen molar-refractivity contribution in [3.63, 3.8) is 0 Å². The van der Waals surface area contributed by atoms with E-state index >= 15 is 0 Å². The Labute approximate surface area is 117 Å². The zero-order chi connectivity index (χ0) is 14.2. The highest BCUT2D eigenvalue weighted by Gasteiger charge is 2.49. The molecule has 0 aliphatic carbocycles. The molecule has 0 aromatic heterocycles. The average Bonchev–Trinajstić information content (AvgIpc) is 3.04. The minimum atomic E-state index is -0.781. The van der Waals surface area contributed by atoms with E-state index in [-0.39, 0.29) is 24.8 Å². The summed E-state index contributed by atoms with van der Waals surface area (Å²) in [5, 5.41) is 0. The molecule has 0 spiro atoms. The van der Waals surface area contributed by atoms with Crippen LogP contribution in [-0.4, -0.2) is 42.8 Å². The van der Waals surface area contributed by atoms with E-state index in [0.29, 0.717) is 13.2 Å². The summed E-state index contributed by atoms with van der Waals surface area (Å²) in [6, 6.07) is 9.43. The van der Waals surface area contributed by atoms with Gasteiger partial charge in [0.15, 0.2) is 6.29 Å². The lowest BCUT2D eigenvalue weighted by Crippen LogP contribution is -2.41. The van der Waals surface area contributed by atoms with Crippen molar-refractivity contribution < 1.29 is 19.1 Å². The van der Waals surface area contributed by atoms with Crippen molar-refractivity contribution in [3.8, 4) is 0 Å². The molecule has 5 nitrogen and oxygen atoms in total. The minimum absolute atomic E-state index is 0.166.